The predicted molar refractivity (Wildman–Crippen MR) is 125 cm³/mol. The van der Waals surface area contributed by atoms with Gasteiger partial charge in [-0.05, 0) is 55.7 Å². The van der Waals surface area contributed by atoms with Gasteiger partial charge < -0.3 is 19.9 Å². The van der Waals surface area contributed by atoms with Crippen molar-refractivity contribution in [3.05, 3.63) is 59.5 Å². The molecule has 0 spiro atoms. The second-order valence-corrected chi connectivity index (χ2v) is 8.71. The average Bonchev–Trinajstić information content (AvgIpc) is 3.30. The Morgan fingerprint density at radius 3 is 2.62 bits per heavy atom. The maximum Gasteiger partial charge on any atom is 0.272 e. The van der Waals surface area contributed by atoms with Crippen molar-refractivity contribution in [1.29, 1.82) is 0 Å². The van der Waals surface area contributed by atoms with Crippen LogP contribution in [0.1, 0.15) is 28.9 Å². The standard InChI is InChI=1S/C25H29FN4O2/c1-17-5-6-22(26)21-16-23(28-24(17)21)25(31)27-18-3-2-4-20(15-18)29-9-7-19(8-10-29)30-11-13-32-14-12-30/h2-6,15-16,19,28H,7-14H2,1H3,(H,27,31). The molecule has 2 aliphatic rings. The van der Waals surface area contributed by atoms with Crippen LogP contribution >= 0.6 is 0 Å². The van der Waals surface area contributed by atoms with Crippen LogP contribution in [0.25, 0.3) is 10.9 Å². The molecule has 7 heteroatoms. The van der Waals surface area contributed by atoms with Crippen molar-refractivity contribution in [3.8, 4) is 0 Å². The molecule has 2 aliphatic heterocycles. The molecule has 2 aromatic carbocycles. The smallest absolute Gasteiger partial charge is 0.272 e. The third kappa shape index (κ3) is 4.23. The van der Waals surface area contributed by atoms with Crippen LogP contribution < -0.4 is 10.2 Å². The Hall–Kier alpha value is -2.90. The highest BCUT2D eigenvalue weighted by Gasteiger charge is 2.26. The van der Waals surface area contributed by atoms with Gasteiger partial charge in [0.2, 0.25) is 0 Å². The van der Waals surface area contributed by atoms with Gasteiger partial charge in [0.1, 0.15) is 11.5 Å². The summed E-state index contributed by atoms with van der Waals surface area (Å²) in [5.41, 5.74) is 3.76. The summed E-state index contributed by atoms with van der Waals surface area (Å²) in [6.07, 6.45) is 2.27. The SMILES string of the molecule is Cc1ccc(F)c2cc(C(=O)Nc3cccc(N4CCC(N5CCOCC5)CC4)c3)[nH]c12. The number of benzene rings is 2. The molecular weight excluding hydrogens is 407 g/mol. The number of piperidine rings is 1. The maximum absolute atomic E-state index is 14.1. The number of nitrogens with zero attached hydrogens (tertiary/aromatic N) is 2. The molecule has 32 heavy (non-hydrogen) atoms. The first-order chi connectivity index (χ1) is 15.6. The van der Waals surface area contributed by atoms with E-state index in [1.165, 1.54) is 6.07 Å². The Morgan fingerprint density at radius 2 is 1.88 bits per heavy atom. The van der Waals surface area contributed by atoms with Crippen LogP contribution in [-0.4, -0.2) is 61.2 Å². The summed E-state index contributed by atoms with van der Waals surface area (Å²) in [5, 5.41) is 3.39. The molecule has 168 valence electrons. The summed E-state index contributed by atoms with van der Waals surface area (Å²) in [5.74, 6) is -0.605. The average molecular weight is 437 g/mol. The Balaban J connectivity index is 1.25. The number of carbonyl (C=O) groups excluding carboxylic acids is 1. The van der Waals surface area contributed by atoms with Crippen LogP contribution in [0.2, 0.25) is 0 Å². The van der Waals surface area contributed by atoms with Gasteiger partial charge in [0.25, 0.3) is 5.91 Å². The molecule has 0 bridgehead atoms. The first-order valence-electron chi connectivity index (χ1n) is 11.3. The van der Waals surface area contributed by atoms with Gasteiger partial charge in [0.05, 0.1) is 18.7 Å². The summed E-state index contributed by atoms with van der Waals surface area (Å²) < 4.78 is 19.6. The monoisotopic (exact) mass is 436 g/mol. The second kappa shape index (κ2) is 8.92. The van der Waals surface area contributed by atoms with E-state index in [-0.39, 0.29) is 11.7 Å². The summed E-state index contributed by atoms with van der Waals surface area (Å²) in [4.78, 5) is 20.8. The van der Waals surface area contributed by atoms with Gasteiger partial charge >= 0.3 is 0 Å². The highest BCUT2D eigenvalue weighted by Crippen LogP contribution is 2.27. The minimum atomic E-state index is -0.330. The number of rotatable bonds is 4. The van der Waals surface area contributed by atoms with E-state index in [0.29, 0.717) is 22.6 Å². The van der Waals surface area contributed by atoms with Crippen molar-refractivity contribution in [1.82, 2.24) is 9.88 Å². The highest BCUT2D eigenvalue weighted by atomic mass is 19.1. The molecule has 6 nitrogen and oxygen atoms in total. The number of carbonyl (C=O) groups is 1. The number of aromatic amines is 1. The number of aromatic nitrogens is 1. The number of hydrogen-bond donors (Lipinski definition) is 2. The van der Waals surface area contributed by atoms with Crippen molar-refractivity contribution >= 4 is 28.2 Å². The highest BCUT2D eigenvalue weighted by molar-refractivity contribution is 6.06. The summed E-state index contributed by atoms with van der Waals surface area (Å²) in [6.45, 7) is 7.63. The molecule has 3 aromatic rings. The molecule has 0 unspecified atom stereocenters. The van der Waals surface area contributed by atoms with Crippen LogP contribution in [0.5, 0.6) is 0 Å². The quantitative estimate of drug-likeness (QED) is 0.645. The molecule has 1 amide bonds. The van der Waals surface area contributed by atoms with Crippen molar-refractivity contribution in [2.75, 3.05) is 49.6 Å². The fourth-order valence-corrected chi connectivity index (χ4v) is 4.86. The van der Waals surface area contributed by atoms with Gasteiger partial charge in [-0.3, -0.25) is 9.69 Å². The van der Waals surface area contributed by atoms with Gasteiger partial charge in [-0.15, -0.1) is 0 Å². The van der Waals surface area contributed by atoms with Crippen LogP contribution in [-0.2, 0) is 4.74 Å². The third-order valence-corrected chi connectivity index (χ3v) is 6.69. The minimum absolute atomic E-state index is 0.275. The van der Waals surface area contributed by atoms with Crippen molar-refractivity contribution in [2.45, 2.75) is 25.8 Å². The number of anilines is 2. The maximum atomic E-state index is 14.1. The number of H-pyrrole nitrogens is 1. The molecule has 1 aromatic heterocycles. The lowest BCUT2D eigenvalue weighted by atomic mass is 10.0. The topological polar surface area (TPSA) is 60.6 Å². The fourth-order valence-electron chi connectivity index (χ4n) is 4.86. The zero-order valence-corrected chi connectivity index (χ0v) is 18.4. The predicted octanol–water partition coefficient (Wildman–Crippen LogP) is 4.17. The largest absolute Gasteiger partial charge is 0.379 e. The van der Waals surface area contributed by atoms with Gasteiger partial charge in [-0.1, -0.05) is 12.1 Å². The first kappa shape index (κ1) is 21.0. The Morgan fingerprint density at radius 1 is 1.09 bits per heavy atom. The molecule has 3 heterocycles. The number of aryl methyl sites for hydroxylation is 1. The van der Waals surface area contributed by atoms with Crippen molar-refractivity contribution in [3.63, 3.8) is 0 Å². The lowest BCUT2D eigenvalue weighted by Crippen LogP contribution is -2.49. The van der Waals surface area contributed by atoms with E-state index < -0.39 is 0 Å². The zero-order valence-electron chi connectivity index (χ0n) is 18.4. The Labute approximate surface area is 187 Å². The van der Waals surface area contributed by atoms with Gasteiger partial charge in [-0.2, -0.15) is 0 Å². The Bertz CT molecular complexity index is 1080. The summed E-state index contributed by atoms with van der Waals surface area (Å²) in [6, 6.07) is 13.3. The summed E-state index contributed by atoms with van der Waals surface area (Å²) >= 11 is 0. The number of hydrogen-bond acceptors (Lipinski definition) is 4. The lowest BCUT2D eigenvalue weighted by Gasteiger charge is -2.40. The van der Waals surface area contributed by atoms with E-state index in [0.717, 1.165) is 69.2 Å². The van der Waals surface area contributed by atoms with E-state index >= 15 is 0 Å². The minimum Gasteiger partial charge on any atom is -0.379 e. The van der Waals surface area contributed by atoms with Gasteiger partial charge in [0.15, 0.2) is 0 Å². The van der Waals surface area contributed by atoms with Crippen LogP contribution in [0, 0.1) is 12.7 Å². The van der Waals surface area contributed by atoms with E-state index in [4.69, 9.17) is 4.74 Å². The molecule has 0 radical (unpaired) electrons. The Kier molecular flexibility index (Phi) is 5.85. The van der Waals surface area contributed by atoms with Crippen LogP contribution in [0.3, 0.4) is 0 Å². The number of nitrogens with one attached hydrogen (secondary N) is 2. The van der Waals surface area contributed by atoms with Gasteiger partial charge in [-0.25, -0.2) is 4.39 Å². The lowest BCUT2D eigenvalue weighted by molar-refractivity contribution is 0.0115. The van der Waals surface area contributed by atoms with E-state index in [2.05, 4.69) is 26.2 Å². The van der Waals surface area contributed by atoms with E-state index in [1.807, 2.05) is 25.1 Å². The molecule has 2 saturated heterocycles. The number of ether oxygens (including phenoxy) is 1. The number of fused-ring (bicyclic) bond motifs is 1. The molecule has 2 N–H and O–H groups in total. The third-order valence-electron chi connectivity index (χ3n) is 6.69. The van der Waals surface area contributed by atoms with E-state index in [1.54, 1.807) is 12.1 Å². The number of halogens is 1. The normalized spacial score (nSPS) is 18.2. The molecule has 0 saturated carbocycles. The zero-order chi connectivity index (χ0) is 22.1. The molecule has 5 rings (SSSR count). The fraction of sp³-hybridized carbons (Fsp3) is 0.400. The molecule has 2 fully saturated rings. The first-order valence-corrected chi connectivity index (χ1v) is 11.3. The van der Waals surface area contributed by atoms with Crippen molar-refractivity contribution < 1.29 is 13.9 Å². The van der Waals surface area contributed by atoms with Crippen LogP contribution in [0.4, 0.5) is 15.8 Å². The van der Waals surface area contributed by atoms with Gasteiger partial charge in [0, 0.05) is 49.0 Å². The second-order valence-electron chi connectivity index (χ2n) is 8.71. The molecule has 0 aliphatic carbocycles. The number of morpholine rings is 1. The summed E-state index contributed by atoms with van der Waals surface area (Å²) in [7, 11) is 0. The van der Waals surface area contributed by atoms with E-state index in [9.17, 15) is 9.18 Å². The van der Waals surface area contributed by atoms with Crippen LogP contribution in [0.15, 0.2) is 42.5 Å². The number of amides is 1. The molecular formula is C25H29FN4O2. The molecule has 0 atom stereocenters. The van der Waals surface area contributed by atoms with Crippen molar-refractivity contribution in [2.24, 2.45) is 0 Å².